The highest BCUT2D eigenvalue weighted by molar-refractivity contribution is 6.04. The van der Waals surface area contributed by atoms with E-state index in [2.05, 4.69) is 4.98 Å². The molecule has 1 heterocycles. The number of fused-ring (bicyclic) bond motifs is 2. The second kappa shape index (κ2) is 3.98. The van der Waals surface area contributed by atoms with Gasteiger partial charge in [-0.1, -0.05) is 0 Å². The summed E-state index contributed by atoms with van der Waals surface area (Å²) < 4.78 is 5.16. The second-order valence-corrected chi connectivity index (χ2v) is 4.45. The van der Waals surface area contributed by atoms with Crippen molar-refractivity contribution < 1.29 is 14.6 Å². The third kappa shape index (κ3) is 1.53. The van der Waals surface area contributed by atoms with Crippen molar-refractivity contribution in [1.82, 2.24) is 4.98 Å². The molecule has 0 radical (unpaired) electrons. The minimum atomic E-state index is -0.881. The van der Waals surface area contributed by atoms with E-state index in [9.17, 15) is 9.90 Å². The summed E-state index contributed by atoms with van der Waals surface area (Å²) in [6, 6.07) is 5.38. The Hall–Kier alpha value is -2.10. The lowest BCUT2D eigenvalue weighted by molar-refractivity contribution is 0.0698. The van der Waals surface area contributed by atoms with Crippen LogP contribution >= 0.6 is 0 Å². The topological polar surface area (TPSA) is 59.4 Å². The monoisotopic (exact) mass is 243 g/mol. The molecule has 0 saturated heterocycles. The van der Waals surface area contributed by atoms with Gasteiger partial charge in [0.2, 0.25) is 0 Å². The van der Waals surface area contributed by atoms with E-state index in [1.807, 2.05) is 12.1 Å². The fourth-order valence-corrected chi connectivity index (χ4v) is 2.61. The van der Waals surface area contributed by atoms with E-state index in [4.69, 9.17) is 4.74 Å². The van der Waals surface area contributed by atoms with Gasteiger partial charge in [0.15, 0.2) is 0 Å². The van der Waals surface area contributed by atoms with Crippen molar-refractivity contribution in [1.29, 1.82) is 0 Å². The number of hydrogen-bond donors (Lipinski definition) is 1. The van der Waals surface area contributed by atoms with Crippen LogP contribution in [0.2, 0.25) is 0 Å². The summed E-state index contributed by atoms with van der Waals surface area (Å²) in [4.78, 5) is 16.1. The van der Waals surface area contributed by atoms with Crippen LogP contribution in [0.3, 0.4) is 0 Å². The molecule has 0 bridgehead atoms. The Morgan fingerprint density at radius 1 is 1.39 bits per heavy atom. The maximum atomic E-state index is 11.5. The van der Waals surface area contributed by atoms with E-state index < -0.39 is 5.97 Å². The molecule has 4 nitrogen and oxygen atoms in total. The Kier molecular flexibility index (Phi) is 2.44. The largest absolute Gasteiger partial charge is 0.497 e. The number of carboxylic acids is 1. The third-order valence-electron chi connectivity index (χ3n) is 3.43. The highest BCUT2D eigenvalue weighted by Gasteiger charge is 2.23. The summed E-state index contributed by atoms with van der Waals surface area (Å²) in [5, 5.41) is 10.1. The van der Waals surface area contributed by atoms with E-state index in [0.717, 1.165) is 36.0 Å². The predicted octanol–water partition coefficient (Wildman–Crippen LogP) is 2.43. The number of carboxylic acid groups (broad SMARTS) is 1. The van der Waals surface area contributed by atoms with Gasteiger partial charge in [0.25, 0.3) is 0 Å². The number of benzene rings is 1. The number of aromatic nitrogens is 1. The first-order valence-electron chi connectivity index (χ1n) is 5.93. The van der Waals surface area contributed by atoms with Crippen molar-refractivity contribution in [2.45, 2.75) is 19.3 Å². The van der Waals surface area contributed by atoms with Crippen LogP contribution in [0, 0.1) is 0 Å². The molecule has 0 fully saturated rings. The molecule has 0 amide bonds. The number of pyridine rings is 1. The quantitative estimate of drug-likeness (QED) is 0.880. The minimum Gasteiger partial charge on any atom is -0.497 e. The van der Waals surface area contributed by atoms with Gasteiger partial charge in [-0.3, -0.25) is 4.98 Å². The third-order valence-corrected chi connectivity index (χ3v) is 3.43. The highest BCUT2D eigenvalue weighted by Crippen LogP contribution is 2.31. The average molecular weight is 243 g/mol. The maximum Gasteiger partial charge on any atom is 0.336 e. The average Bonchev–Trinajstić information content (AvgIpc) is 2.82. The molecular formula is C14H13NO3. The molecule has 18 heavy (non-hydrogen) atoms. The first-order chi connectivity index (χ1) is 8.70. The minimum absolute atomic E-state index is 0.395. The van der Waals surface area contributed by atoms with Crippen LogP contribution in [0.5, 0.6) is 5.75 Å². The summed E-state index contributed by atoms with van der Waals surface area (Å²) in [5.41, 5.74) is 2.95. The first kappa shape index (κ1) is 11.0. The van der Waals surface area contributed by atoms with Crippen molar-refractivity contribution >= 4 is 16.9 Å². The van der Waals surface area contributed by atoms with Gasteiger partial charge < -0.3 is 9.84 Å². The Morgan fingerprint density at radius 3 is 2.94 bits per heavy atom. The highest BCUT2D eigenvalue weighted by atomic mass is 16.5. The molecule has 1 aliphatic carbocycles. The van der Waals surface area contributed by atoms with Crippen LogP contribution in [0.4, 0.5) is 0 Å². The van der Waals surface area contributed by atoms with Crippen molar-refractivity contribution in [2.75, 3.05) is 7.11 Å². The molecule has 1 aromatic heterocycles. The molecule has 0 atom stereocenters. The summed E-state index contributed by atoms with van der Waals surface area (Å²) in [7, 11) is 1.57. The smallest absolute Gasteiger partial charge is 0.336 e. The lowest BCUT2D eigenvalue weighted by Crippen LogP contribution is -2.05. The maximum absolute atomic E-state index is 11.5. The predicted molar refractivity (Wildman–Crippen MR) is 67.3 cm³/mol. The molecule has 4 heteroatoms. The van der Waals surface area contributed by atoms with Gasteiger partial charge in [-0.2, -0.15) is 0 Å². The first-order valence-corrected chi connectivity index (χ1v) is 5.93. The Bertz CT molecular complexity index is 649. The van der Waals surface area contributed by atoms with Crippen LogP contribution in [-0.2, 0) is 12.8 Å². The van der Waals surface area contributed by atoms with Gasteiger partial charge in [0.1, 0.15) is 5.75 Å². The number of aryl methyl sites for hydroxylation is 1. The van der Waals surface area contributed by atoms with Crippen LogP contribution in [0.15, 0.2) is 18.2 Å². The molecule has 1 aliphatic rings. The van der Waals surface area contributed by atoms with Crippen LogP contribution in [-0.4, -0.2) is 23.2 Å². The number of nitrogens with zero attached hydrogens (tertiary/aromatic N) is 1. The van der Waals surface area contributed by atoms with E-state index in [1.165, 1.54) is 0 Å². The molecule has 2 aromatic rings. The van der Waals surface area contributed by atoms with Crippen molar-refractivity contribution in [3.05, 3.63) is 35.0 Å². The number of rotatable bonds is 2. The summed E-state index contributed by atoms with van der Waals surface area (Å²) in [6.07, 6.45) is 2.66. The Balaban J connectivity index is 2.39. The van der Waals surface area contributed by atoms with E-state index in [-0.39, 0.29) is 0 Å². The normalized spacial score (nSPS) is 13.6. The van der Waals surface area contributed by atoms with Crippen LogP contribution in [0.25, 0.3) is 10.9 Å². The fourth-order valence-electron chi connectivity index (χ4n) is 2.61. The standard InChI is InChI=1S/C14H13NO3/c1-18-8-5-6-12-10(7-8)13(14(16)17)9-3-2-4-11(9)15-12/h5-7H,2-4H2,1H3,(H,16,17). The van der Waals surface area contributed by atoms with E-state index in [0.29, 0.717) is 16.7 Å². The van der Waals surface area contributed by atoms with Gasteiger partial charge in [-0.15, -0.1) is 0 Å². The summed E-state index contributed by atoms with van der Waals surface area (Å²) in [6.45, 7) is 0. The summed E-state index contributed by atoms with van der Waals surface area (Å²) in [5.74, 6) is -0.224. The van der Waals surface area contributed by atoms with Crippen molar-refractivity contribution in [2.24, 2.45) is 0 Å². The van der Waals surface area contributed by atoms with Crippen molar-refractivity contribution in [3.63, 3.8) is 0 Å². The Morgan fingerprint density at radius 2 is 2.22 bits per heavy atom. The molecule has 0 unspecified atom stereocenters. The van der Waals surface area contributed by atoms with Gasteiger partial charge in [-0.05, 0) is 43.0 Å². The van der Waals surface area contributed by atoms with Gasteiger partial charge in [-0.25, -0.2) is 4.79 Å². The number of methoxy groups -OCH3 is 1. The van der Waals surface area contributed by atoms with Crippen LogP contribution in [0.1, 0.15) is 28.0 Å². The van der Waals surface area contributed by atoms with Gasteiger partial charge in [0.05, 0.1) is 18.2 Å². The van der Waals surface area contributed by atoms with Crippen LogP contribution < -0.4 is 4.74 Å². The number of hydrogen-bond acceptors (Lipinski definition) is 3. The molecular weight excluding hydrogens is 230 g/mol. The molecule has 3 rings (SSSR count). The van der Waals surface area contributed by atoms with E-state index in [1.54, 1.807) is 13.2 Å². The lowest BCUT2D eigenvalue weighted by atomic mass is 10.0. The molecule has 1 N–H and O–H groups in total. The van der Waals surface area contributed by atoms with Crippen molar-refractivity contribution in [3.8, 4) is 5.75 Å². The molecule has 0 aliphatic heterocycles. The van der Waals surface area contributed by atoms with E-state index >= 15 is 0 Å². The zero-order valence-electron chi connectivity index (χ0n) is 10.1. The Labute approximate surface area is 104 Å². The lowest BCUT2D eigenvalue weighted by Gasteiger charge is -2.10. The van der Waals surface area contributed by atoms with Gasteiger partial charge in [0, 0.05) is 11.1 Å². The summed E-state index contributed by atoms with van der Waals surface area (Å²) >= 11 is 0. The molecule has 92 valence electrons. The SMILES string of the molecule is COc1ccc2nc3c(c(C(=O)O)c2c1)CCC3. The zero-order chi connectivity index (χ0) is 12.7. The molecule has 0 spiro atoms. The molecule has 1 aromatic carbocycles. The number of ether oxygens (including phenoxy) is 1. The molecule has 0 saturated carbocycles. The number of carbonyl (C=O) groups is 1. The second-order valence-electron chi connectivity index (χ2n) is 4.45. The van der Waals surface area contributed by atoms with Gasteiger partial charge >= 0.3 is 5.97 Å². The fraction of sp³-hybridized carbons (Fsp3) is 0.286. The zero-order valence-corrected chi connectivity index (χ0v) is 10.1. The number of aromatic carboxylic acids is 1.